The lowest BCUT2D eigenvalue weighted by atomic mass is 9.92. The van der Waals surface area contributed by atoms with E-state index in [1.54, 1.807) is 17.4 Å². The van der Waals surface area contributed by atoms with E-state index in [0.717, 1.165) is 22.2 Å². The number of nitrogens with zero attached hydrogens (tertiary/aromatic N) is 5. The number of amides is 1. The van der Waals surface area contributed by atoms with Gasteiger partial charge in [0.05, 0.1) is 23.4 Å². The molecule has 1 aromatic carbocycles. The van der Waals surface area contributed by atoms with E-state index < -0.39 is 17.6 Å². The number of aromatic amines is 1. The van der Waals surface area contributed by atoms with Crippen LogP contribution < -0.4 is 0 Å². The maximum absolute atomic E-state index is 14.2. The lowest BCUT2D eigenvalue weighted by Crippen LogP contribution is -2.42. The first-order chi connectivity index (χ1) is 14.8. The molecular weight excluding hydrogens is 399 g/mol. The summed E-state index contributed by atoms with van der Waals surface area (Å²) in [6.45, 7) is 4.98. The molecule has 1 amide bonds. The van der Waals surface area contributed by atoms with Crippen molar-refractivity contribution >= 4 is 16.7 Å². The summed E-state index contributed by atoms with van der Waals surface area (Å²) in [6, 6.07) is 9.34. The molecule has 5 rings (SSSR count). The van der Waals surface area contributed by atoms with Crippen molar-refractivity contribution in [1.82, 2.24) is 30.0 Å². The van der Waals surface area contributed by atoms with Crippen LogP contribution in [0.25, 0.3) is 10.8 Å². The Morgan fingerprint density at radius 3 is 2.74 bits per heavy atom. The molecule has 0 saturated carbocycles. The number of alkyl halides is 1. The molecule has 4 aromatic rings. The van der Waals surface area contributed by atoms with Crippen LogP contribution in [0.2, 0.25) is 0 Å². The molecule has 0 spiro atoms. The zero-order valence-corrected chi connectivity index (χ0v) is 17.3. The van der Waals surface area contributed by atoms with Crippen molar-refractivity contribution in [3.8, 4) is 0 Å². The van der Waals surface area contributed by atoms with Crippen LogP contribution in [0.3, 0.4) is 0 Å². The van der Waals surface area contributed by atoms with Crippen LogP contribution in [0.5, 0.6) is 0 Å². The van der Waals surface area contributed by atoms with Crippen molar-refractivity contribution in [3.05, 3.63) is 71.7 Å². The number of benzene rings is 1. The van der Waals surface area contributed by atoms with E-state index in [0.29, 0.717) is 12.2 Å². The summed E-state index contributed by atoms with van der Waals surface area (Å²) in [5.41, 5.74) is 0.534. The van der Waals surface area contributed by atoms with Crippen LogP contribution in [0, 0.1) is 0 Å². The van der Waals surface area contributed by atoms with E-state index in [-0.39, 0.29) is 17.7 Å². The molecule has 158 valence electrons. The molecule has 31 heavy (non-hydrogen) atoms. The van der Waals surface area contributed by atoms with Crippen molar-refractivity contribution in [2.24, 2.45) is 0 Å². The van der Waals surface area contributed by atoms with E-state index in [1.165, 1.54) is 13.8 Å². The number of aromatic nitrogens is 5. The number of hydrogen-bond donors (Lipinski definition) is 1. The molecule has 1 aliphatic rings. The fraction of sp³-hybridized carbons (Fsp3) is 0.318. The Labute approximate surface area is 177 Å². The first-order valence-corrected chi connectivity index (χ1v) is 10.0. The number of carbonyl (C=O) groups is 1. The number of imidazole rings is 1. The molecule has 4 heterocycles. The second-order valence-electron chi connectivity index (χ2n) is 8.30. The fourth-order valence-corrected chi connectivity index (χ4v) is 4.00. The molecule has 0 saturated heterocycles. The summed E-state index contributed by atoms with van der Waals surface area (Å²) in [6.07, 6.45) is 3.41. The normalized spacial score (nSPS) is 18.9. The van der Waals surface area contributed by atoms with E-state index in [4.69, 9.17) is 4.42 Å². The summed E-state index contributed by atoms with van der Waals surface area (Å²) >= 11 is 0. The van der Waals surface area contributed by atoms with E-state index in [1.807, 2.05) is 37.3 Å². The highest BCUT2D eigenvalue weighted by Gasteiger charge is 2.40. The van der Waals surface area contributed by atoms with Gasteiger partial charge in [0.15, 0.2) is 5.67 Å². The summed E-state index contributed by atoms with van der Waals surface area (Å²) in [5, 5.41) is 9.55. The third-order valence-corrected chi connectivity index (χ3v) is 5.53. The lowest BCUT2D eigenvalue weighted by molar-refractivity contribution is 0.0619. The van der Waals surface area contributed by atoms with Crippen LogP contribution in [0.4, 0.5) is 4.39 Å². The largest absolute Gasteiger partial charge is 0.413 e. The number of fused-ring (bicyclic) bond motifs is 2. The quantitative estimate of drug-likeness (QED) is 0.540. The van der Waals surface area contributed by atoms with Crippen molar-refractivity contribution in [2.45, 2.75) is 38.4 Å². The number of pyridine rings is 1. The standard InChI is InChI=1S/C22H21FN6O2/c1-12-10-29(20(30)19-27-28-21(31-19)22(2,3)23)18(17-16(12)25-11-26-17)15-8-13-6-4-5-7-14(13)9-24-15/h4-9,11-12,18H,10H2,1-3H3,(H,25,26)/t12-,18-/m0/s1. The topological polar surface area (TPSA) is 101 Å². The maximum Gasteiger partial charge on any atom is 0.312 e. The Kier molecular flexibility index (Phi) is 4.35. The van der Waals surface area contributed by atoms with Crippen molar-refractivity contribution < 1.29 is 13.6 Å². The molecule has 0 radical (unpaired) electrons. The molecule has 0 aliphatic carbocycles. The smallest absolute Gasteiger partial charge is 0.312 e. The van der Waals surface area contributed by atoms with Gasteiger partial charge in [-0.15, -0.1) is 10.2 Å². The molecule has 9 heteroatoms. The van der Waals surface area contributed by atoms with E-state index in [9.17, 15) is 9.18 Å². The average Bonchev–Trinajstić information content (AvgIpc) is 3.43. The molecule has 0 unspecified atom stereocenters. The van der Waals surface area contributed by atoms with Crippen molar-refractivity contribution in [3.63, 3.8) is 0 Å². The first-order valence-electron chi connectivity index (χ1n) is 10.0. The highest BCUT2D eigenvalue weighted by atomic mass is 19.1. The highest BCUT2D eigenvalue weighted by molar-refractivity contribution is 5.90. The number of H-pyrrole nitrogens is 1. The van der Waals surface area contributed by atoms with Gasteiger partial charge < -0.3 is 14.3 Å². The average molecular weight is 420 g/mol. The Hall–Kier alpha value is -3.62. The van der Waals surface area contributed by atoms with Gasteiger partial charge in [-0.2, -0.15) is 0 Å². The number of hydrogen-bond acceptors (Lipinski definition) is 6. The van der Waals surface area contributed by atoms with Crippen LogP contribution >= 0.6 is 0 Å². The summed E-state index contributed by atoms with van der Waals surface area (Å²) < 4.78 is 19.6. The van der Waals surface area contributed by atoms with Gasteiger partial charge in [0.25, 0.3) is 5.89 Å². The molecule has 0 fully saturated rings. The fourth-order valence-electron chi connectivity index (χ4n) is 4.00. The third-order valence-electron chi connectivity index (χ3n) is 5.53. The third kappa shape index (κ3) is 3.26. The van der Waals surface area contributed by atoms with Crippen LogP contribution in [-0.2, 0) is 5.67 Å². The van der Waals surface area contributed by atoms with E-state index in [2.05, 4.69) is 25.1 Å². The summed E-state index contributed by atoms with van der Waals surface area (Å²) in [4.78, 5) is 27.3. The minimum atomic E-state index is -1.84. The summed E-state index contributed by atoms with van der Waals surface area (Å²) in [7, 11) is 0. The zero-order chi connectivity index (χ0) is 21.8. The van der Waals surface area contributed by atoms with Gasteiger partial charge in [0, 0.05) is 24.0 Å². The van der Waals surface area contributed by atoms with Crippen molar-refractivity contribution in [1.29, 1.82) is 0 Å². The predicted octanol–water partition coefficient (Wildman–Crippen LogP) is 3.89. The highest BCUT2D eigenvalue weighted by Crippen LogP contribution is 2.38. The number of halogens is 1. The molecule has 3 aromatic heterocycles. The van der Waals surface area contributed by atoms with Gasteiger partial charge >= 0.3 is 11.8 Å². The number of nitrogens with one attached hydrogen (secondary N) is 1. The Morgan fingerprint density at radius 1 is 1.23 bits per heavy atom. The Morgan fingerprint density at radius 2 is 2.00 bits per heavy atom. The molecule has 2 atom stereocenters. The maximum atomic E-state index is 14.2. The van der Waals surface area contributed by atoms with Gasteiger partial charge in [-0.1, -0.05) is 31.2 Å². The molecule has 1 aliphatic heterocycles. The van der Waals surface area contributed by atoms with Gasteiger partial charge in [0.1, 0.15) is 6.04 Å². The molecule has 8 nitrogen and oxygen atoms in total. The van der Waals surface area contributed by atoms with Crippen LogP contribution in [-0.4, -0.2) is 42.5 Å². The van der Waals surface area contributed by atoms with E-state index >= 15 is 0 Å². The zero-order valence-electron chi connectivity index (χ0n) is 17.3. The predicted molar refractivity (Wildman–Crippen MR) is 110 cm³/mol. The van der Waals surface area contributed by atoms with Gasteiger partial charge in [0.2, 0.25) is 0 Å². The number of rotatable bonds is 3. The second kappa shape index (κ2) is 6.97. The Bertz CT molecular complexity index is 1270. The number of carbonyl (C=O) groups excluding carboxylic acids is 1. The summed E-state index contributed by atoms with van der Waals surface area (Å²) in [5.74, 6) is -0.970. The van der Waals surface area contributed by atoms with Gasteiger partial charge in [-0.05, 0) is 25.3 Å². The first kappa shape index (κ1) is 19.3. The monoisotopic (exact) mass is 420 g/mol. The minimum Gasteiger partial charge on any atom is -0.413 e. The SMILES string of the molecule is C[C@H]1CN(C(=O)c2nnc(C(C)(C)F)o2)[C@@H](c2cc3ccccc3cn2)c2[nH]cnc21. The van der Waals surface area contributed by atoms with Gasteiger partial charge in [-0.25, -0.2) is 9.37 Å². The molecule has 1 N–H and O–H groups in total. The van der Waals surface area contributed by atoms with Crippen molar-refractivity contribution in [2.75, 3.05) is 6.54 Å². The van der Waals surface area contributed by atoms with Gasteiger partial charge in [-0.3, -0.25) is 9.78 Å². The molecule has 0 bridgehead atoms. The second-order valence-corrected chi connectivity index (χ2v) is 8.30. The lowest BCUT2D eigenvalue weighted by Gasteiger charge is -2.36. The van der Waals surface area contributed by atoms with Crippen LogP contribution in [0.15, 0.2) is 47.3 Å². The minimum absolute atomic E-state index is 0.0121. The molecular formula is C22H21FN6O2. The Balaban J connectivity index is 1.60. The van der Waals surface area contributed by atoms with Crippen LogP contribution in [0.1, 0.15) is 66.4 Å².